The second-order valence-electron chi connectivity index (χ2n) is 3.19. The molecule has 4 nitrogen and oxygen atoms in total. The molecular formula is C10H12O4. The molecule has 0 aliphatic carbocycles. The third-order valence-electron chi connectivity index (χ3n) is 2.02. The van der Waals surface area contributed by atoms with Crippen LogP contribution in [0.25, 0.3) is 0 Å². The highest BCUT2D eigenvalue weighted by atomic mass is 16.4. The van der Waals surface area contributed by atoms with Crippen LogP contribution < -0.4 is 0 Å². The van der Waals surface area contributed by atoms with Gasteiger partial charge in [-0.3, -0.25) is 9.59 Å². The number of carboxylic acids is 1. The van der Waals surface area contributed by atoms with E-state index in [-0.39, 0.29) is 12.2 Å². The topological polar surface area (TPSA) is 67.5 Å². The molecule has 0 saturated heterocycles. The molecule has 0 aromatic carbocycles. The Morgan fingerprint density at radius 2 is 2.29 bits per heavy atom. The zero-order chi connectivity index (χ0) is 10.6. The summed E-state index contributed by atoms with van der Waals surface area (Å²) in [5.74, 6) is -0.925. The Labute approximate surface area is 81.5 Å². The maximum atomic E-state index is 11.1. The van der Waals surface area contributed by atoms with E-state index >= 15 is 0 Å². The van der Waals surface area contributed by atoms with Crippen molar-refractivity contribution in [3.63, 3.8) is 0 Å². The van der Waals surface area contributed by atoms with Gasteiger partial charge in [0.2, 0.25) is 0 Å². The molecule has 4 heteroatoms. The van der Waals surface area contributed by atoms with Gasteiger partial charge in [0.15, 0.2) is 0 Å². The molecule has 0 fully saturated rings. The van der Waals surface area contributed by atoms with Crippen molar-refractivity contribution in [1.29, 1.82) is 0 Å². The molecule has 0 aliphatic heterocycles. The standard InChI is InChI=1S/C10H12O4/c1-7(11)8(6-10(12)13)5-9-3-2-4-14-9/h2-4,8H,5-6H2,1H3,(H,12,13). The van der Waals surface area contributed by atoms with Crippen LogP contribution in [-0.2, 0) is 16.0 Å². The molecule has 0 aliphatic rings. The van der Waals surface area contributed by atoms with Crippen molar-refractivity contribution in [2.24, 2.45) is 5.92 Å². The van der Waals surface area contributed by atoms with Gasteiger partial charge in [0, 0.05) is 12.3 Å². The molecule has 1 heterocycles. The minimum absolute atomic E-state index is 0.121. The third kappa shape index (κ3) is 3.05. The predicted octanol–water partition coefficient (Wildman–Crippen LogP) is 1.50. The molecule has 1 aromatic heterocycles. The summed E-state index contributed by atoms with van der Waals surface area (Å²) in [4.78, 5) is 21.6. The Hall–Kier alpha value is -1.58. The average Bonchev–Trinajstić information content (AvgIpc) is 2.54. The Balaban J connectivity index is 2.60. The molecule has 0 spiro atoms. The van der Waals surface area contributed by atoms with Gasteiger partial charge in [-0.1, -0.05) is 0 Å². The van der Waals surface area contributed by atoms with E-state index in [1.165, 1.54) is 13.2 Å². The fourth-order valence-electron chi connectivity index (χ4n) is 1.24. The number of rotatable bonds is 5. The lowest BCUT2D eigenvalue weighted by Crippen LogP contribution is -2.17. The van der Waals surface area contributed by atoms with Crippen molar-refractivity contribution < 1.29 is 19.1 Å². The van der Waals surface area contributed by atoms with Crippen LogP contribution in [0.3, 0.4) is 0 Å². The van der Waals surface area contributed by atoms with E-state index in [2.05, 4.69) is 0 Å². The maximum absolute atomic E-state index is 11.1. The number of carbonyl (C=O) groups is 2. The van der Waals surface area contributed by atoms with E-state index in [0.717, 1.165) is 0 Å². The highest BCUT2D eigenvalue weighted by Crippen LogP contribution is 2.13. The molecule has 76 valence electrons. The van der Waals surface area contributed by atoms with Crippen molar-refractivity contribution in [3.8, 4) is 0 Å². The van der Waals surface area contributed by atoms with Crippen LogP contribution in [0.15, 0.2) is 22.8 Å². The second kappa shape index (κ2) is 4.60. The summed E-state index contributed by atoms with van der Waals surface area (Å²) in [7, 11) is 0. The van der Waals surface area contributed by atoms with Crippen LogP contribution in [0, 0.1) is 5.92 Å². The van der Waals surface area contributed by atoms with Gasteiger partial charge in [0.25, 0.3) is 0 Å². The Morgan fingerprint density at radius 1 is 1.57 bits per heavy atom. The number of carboxylic acid groups (broad SMARTS) is 1. The van der Waals surface area contributed by atoms with E-state index in [1.807, 2.05) is 0 Å². The van der Waals surface area contributed by atoms with Gasteiger partial charge in [-0.25, -0.2) is 0 Å². The summed E-state index contributed by atoms with van der Waals surface area (Å²) >= 11 is 0. The lowest BCUT2D eigenvalue weighted by atomic mass is 9.96. The van der Waals surface area contributed by atoms with E-state index in [1.54, 1.807) is 12.1 Å². The first-order valence-electron chi connectivity index (χ1n) is 4.34. The first-order chi connectivity index (χ1) is 6.59. The van der Waals surface area contributed by atoms with Crippen LogP contribution in [-0.4, -0.2) is 16.9 Å². The first-order valence-corrected chi connectivity index (χ1v) is 4.34. The molecular weight excluding hydrogens is 184 g/mol. The summed E-state index contributed by atoms with van der Waals surface area (Å²) in [6, 6.07) is 3.45. The van der Waals surface area contributed by atoms with Crippen molar-refractivity contribution in [1.82, 2.24) is 0 Å². The average molecular weight is 196 g/mol. The van der Waals surface area contributed by atoms with Crippen molar-refractivity contribution >= 4 is 11.8 Å². The van der Waals surface area contributed by atoms with Crippen molar-refractivity contribution in [2.75, 3.05) is 0 Å². The normalized spacial score (nSPS) is 12.4. The van der Waals surface area contributed by atoms with Crippen LogP contribution in [0.5, 0.6) is 0 Å². The summed E-state index contributed by atoms with van der Waals surface area (Å²) in [6.45, 7) is 1.40. The summed E-state index contributed by atoms with van der Waals surface area (Å²) in [5, 5.41) is 8.58. The van der Waals surface area contributed by atoms with Gasteiger partial charge >= 0.3 is 5.97 Å². The Kier molecular flexibility index (Phi) is 3.45. The van der Waals surface area contributed by atoms with Crippen LogP contribution >= 0.6 is 0 Å². The lowest BCUT2D eigenvalue weighted by Gasteiger charge is -2.08. The number of furan rings is 1. The molecule has 0 amide bonds. The number of carbonyl (C=O) groups excluding carboxylic acids is 1. The predicted molar refractivity (Wildman–Crippen MR) is 48.8 cm³/mol. The maximum Gasteiger partial charge on any atom is 0.304 e. The molecule has 1 atom stereocenters. The zero-order valence-corrected chi connectivity index (χ0v) is 7.90. The molecule has 0 saturated carbocycles. The van der Waals surface area contributed by atoms with E-state index in [0.29, 0.717) is 12.2 Å². The van der Waals surface area contributed by atoms with E-state index in [4.69, 9.17) is 9.52 Å². The Bertz CT molecular complexity index is 313. The van der Waals surface area contributed by atoms with E-state index in [9.17, 15) is 9.59 Å². The zero-order valence-electron chi connectivity index (χ0n) is 7.90. The molecule has 0 bridgehead atoms. The van der Waals surface area contributed by atoms with Crippen molar-refractivity contribution in [3.05, 3.63) is 24.2 Å². The second-order valence-corrected chi connectivity index (χ2v) is 3.19. The van der Waals surface area contributed by atoms with Gasteiger partial charge in [-0.2, -0.15) is 0 Å². The number of hydrogen-bond acceptors (Lipinski definition) is 3. The van der Waals surface area contributed by atoms with Gasteiger partial charge in [0.1, 0.15) is 11.5 Å². The highest BCUT2D eigenvalue weighted by molar-refractivity contribution is 5.83. The lowest BCUT2D eigenvalue weighted by molar-refractivity contribution is -0.140. The summed E-state index contributed by atoms with van der Waals surface area (Å²) in [5.41, 5.74) is 0. The molecule has 1 unspecified atom stereocenters. The number of aliphatic carboxylic acids is 1. The number of Topliss-reactive ketones (excluding diaryl/α,β-unsaturated/α-hetero) is 1. The minimum Gasteiger partial charge on any atom is -0.481 e. The molecule has 0 radical (unpaired) electrons. The molecule has 1 N–H and O–H groups in total. The summed E-state index contributed by atoms with van der Waals surface area (Å²) < 4.78 is 5.05. The number of ketones is 1. The van der Waals surface area contributed by atoms with Crippen molar-refractivity contribution in [2.45, 2.75) is 19.8 Å². The fourth-order valence-corrected chi connectivity index (χ4v) is 1.24. The minimum atomic E-state index is -0.961. The van der Waals surface area contributed by atoms with E-state index < -0.39 is 11.9 Å². The largest absolute Gasteiger partial charge is 0.481 e. The van der Waals surface area contributed by atoms with Crippen LogP contribution in [0.1, 0.15) is 19.1 Å². The quantitative estimate of drug-likeness (QED) is 0.774. The number of hydrogen-bond donors (Lipinski definition) is 1. The summed E-state index contributed by atoms with van der Waals surface area (Å²) in [6.07, 6.45) is 1.72. The van der Waals surface area contributed by atoms with Gasteiger partial charge in [0.05, 0.1) is 12.7 Å². The third-order valence-corrected chi connectivity index (χ3v) is 2.02. The highest BCUT2D eigenvalue weighted by Gasteiger charge is 2.19. The smallest absolute Gasteiger partial charge is 0.304 e. The monoisotopic (exact) mass is 196 g/mol. The molecule has 1 rings (SSSR count). The molecule has 1 aromatic rings. The molecule has 14 heavy (non-hydrogen) atoms. The van der Waals surface area contributed by atoms with Gasteiger partial charge < -0.3 is 9.52 Å². The van der Waals surface area contributed by atoms with Gasteiger partial charge in [-0.05, 0) is 19.1 Å². The van der Waals surface area contributed by atoms with Crippen LogP contribution in [0.4, 0.5) is 0 Å². The fraction of sp³-hybridized carbons (Fsp3) is 0.400. The van der Waals surface area contributed by atoms with Gasteiger partial charge in [-0.15, -0.1) is 0 Å². The SMILES string of the molecule is CC(=O)C(CC(=O)O)Cc1ccco1. The Morgan fingerprint density at radius 3 is 2.71 bits per heavy atom. The first kappa shape index (κ1) is 10.5. The van der Waals surface area contributed by atoms with Crippen LogP contribution in [0.2, 0.25) is 0 Å².